The Labute approximate surface area is 127 Å². The van der Waals surface area contributed by atoms with E-state index in [9.17, 15) is 19.8 Å². The molecule has 1 aromatic carbocycles. The molecule has 1 aliphatic rings. The van der Waals surface area contributed by atoms with Crippen LogP contribution in [0.15, 0.2) is 24.3 Å². The molecule has 8 heteroatoms. The molecule has 1 heterocycles. The van der Waals surface area contributed by atoms with Crippen molar-refractivity contribution in [3.05, 3.63) is 24.3 Å². The number of nitrogens with zero attached hydrogens (tertiary/aromatic N) is 1. The van der Waals surface area contributed by atoms with Crippen LogP contribution in [0.4, 0.5) is 16.2 Å². The topological polar surface area (TPSA) is 125 Å². The van der Waals surface area contributed by atoms with Gasteiger partial charge in [-0.3, -0.25) is 9.69 Å². The van der Waals surface area contributed by atoms with Crippen molar-refractivity contribution in [1.29, 1.82) is 0 Å². The van der Waals surface area contributed by atoms with E-state index in [0.717, 1.165) is 0 Å². The predicted octanol–water partition coefficient (Wildman–Crippen LogP) is 0.347. The highest BCUT2D eigenvalue weighted by Gasteiger charge is 2.32. The maximum Gasteiger partial charge on any atom is 0.414 e. The molecule has 1 atom stereocenters. The zero-order chi connectivity index (χ0) is 16.3. The summed E-state index contributed by atoms with van der Waals surface area (Å²) >= 11 is 0. The second-order valence-corrected chi connectivity index (χ2v) is 5.31. The Kier molecular flexibility index (Phi) is 4.53. The van der Waals surface area contributed by atoms with Crippen molar-refractivity contribution in [2.75, 3.05) is 16.8 Å². The van der Waals surface area contributed by atoms with Crippen molar-refractivity contribution >= 4 is 23.4 Å². The van der Waals surface area contributed by atoms with E-state index < -0.39 is 17.9 Å². The van der Waals surface area contributed by atoms with Crippen LogP contribution < -0.4 is 16.0 Å². The Morgan fingerprint density at radius 1 is 1.45 bits per heavy atom. The number of aliphatic hydroxyl groups is 2. The number of hydrogen-bond acceptors (Lipinski definition) is 6. The van der Waals surface area contributed by atoms with Crippen LogP contribution in [0, 0.1) is 0 Å². The molecule has 2 rings (SSSR count). The Balaban J connectivity index is 1.99. The lowest BCUT2D eigenvalue weighted by molar-refractivity contribution is -0.119. The van der Waals surface area contributed by atoms with Crippen LogP contribution in [0.3, 0.4) is 0 Å². The number of carbonyl (C=O) groups is 2. The molecular formula is C14H19N3O5. The highest BCUT2D eigenvalue weighted by atomic mass is 16.6. The van der Waals surface area contributed by atoms with Gasteiger partial charge in [0.05, 0.1) is 6.54 Å². The number of nitrogens with two attached hydrogens (primary N) is 1. The number of carbonyl (C=O) groups excluding carboxylic acids is 2. The fourth-order valence-corrected chi connectivity index (χ4v) is 2.18. The minimum absolute atomic E-state index is 0.167. The summed E-state index contributed by atoms with van der Waals surface area (Å²) in [5, 5.41) is 21.0. The molecule has 1 saturated heterocycles. The Morgan fingerprint density at radius 3 is 2.64 bits per heavy atom. The van der Waals surface area contributed by atoms with Crippen LogP contribution in [0.5, 0.6) is 0 Å². The monoisotopic (exact) mass is 309 g/mol. The molecule has 0 saturated carbocycles. The van der Waals surface area contributed by atoms with Gasteiger partial charge in [-0.1, -0.05) is 0 Å². The van der Waals surface area contributed by atoms with E-state index in [1.54, 1.807) is 24.3 Å². The minimum Gasteiger partial charge on any atom is -0.444 e. The third kappa shape index (κ3) is 4.34. The molecule has 2 amide bonds. The molecule has 120 valence electrons. The molecule has 0 aliphatic carbocycles. The smallest absolute Gasteiger partial charge is 0.414 e. The lowest BCUT2D eigenvalue weighted by atomic mass is 10.2. The molecule has 0 bridgehead atoms. The van der Waals surface area contributed by atoms with Crippen molar-refractivity contribution in [3.63, 3.8) is 0 Å². The average Bonchev–Trinajstić information content (AvgIpc) is 2.77. The number of ether oxygens (including phenoxy) is 1. The SMILES string of the molecule is CC(O)(O)Nc1ccc(N2C[C@H](CCC(N)=O)OC2=O)cc1. The minimum atomic E-state index is -2.02. The van der Waals surface area contributed by atoms with Crippen LogP contribution in [-0.2, 0) is 9.53 Å². The number of amides is 2. The summed E-state index contributed by atoms with van der Waals surface area (Å²) in [6, 6.07) is 6.55. The van der Waals surface area contributed by atoms with Crippen molar-refractivity contribution in [2.24, 2.45) is 5.73 Å². The standard InChI is InChI=1S/C14H19N3O5/c1-14(20,21)16-9-2-4-10(5-3-9)17-8-11(22-13(17)19)6-7-12(15)18/h2-5,11,16,20-21H,6-8H2,1H3,(H2,15,18)/t11-/m0/s1. The first-order valence-electron chi connectivity index (χ1n) is 6.84. The van der Waals surface area contributed by atoms with Gasteiger partial charge in [0.15, 0.2) is 0 Å². The van der Waals surface area contributed by atoms with Crippen molar-refractivity contribution in [1.82, 2.24) is 0 Å². The van der Waals surface area contributed by atoms with Gasteiger partial charge in [-0.25, -0.2) is 4.79 Å². The number of anilines is 2. The van der Waals surface area contributed by atoms with E-state index in [0.29, 0.717) is 24.3 Å². The summed E-state index contributed by atoms with van der Waals surface area (Å²) in [6.07, 6.45) is -0.287. The van der Waals surface area contributed by atoms with Crippen molar-refractivity contribution in [2.45, 2.75) is 31.8 Å². The molecule has 0 unspecified atom stereocenters. The van der Waals surface area contributed by atoms with Gasteiger partial charge in [0.25, 0.3) is 0 Å². The Morgan fingerprint density at radius 2 is 2.09 bits per heavy atom. The van der Waals surface area contributed by atoms with Gasteiger partial charge in [0.1, 0.15) is 6.10 Å². The molecule has 0 aromatic heterocycles. The van der Waals surface area contributed by atoms with Gasteiger partial charge in [0, 0.05) is 24.7 Å². The molecule has 0 spiro atoms. The molecule has 5 N–H and O–H groups in total. The third-order valence-corrected chi connectivity index (χ3v) is 3.15. The number of nitrogens with one attached hydrogen (secondary N) is 1. The third-order valence-electron chi connectivity index (χ3n) is 3.15. The van der Waals surface area contributed by atoms with E-state index in [4.69, 9.17) is 10.5 Å². The van der Waals surface area contributed by atoms with Gasteiger partial charge in [0.2, 0.25) is 11.8 Å². The second kappa shape index (κ2) is 6.20. The quantitative estimate of drug-likeness (QED) is 0.562. The van der Waals surface area contributed by atoms with Crippen LogP contribution in [0.25, 0.3) is 0 Å². The highest BCUT2D eigenvalue weighted by molar-refractivity contribution is 5.90. The van der Waals surface area contributed by atoms with Gasteiger partial charge in [-0.05, 0) is 30.7 Å². The highest BCUT2D eigenvalue weighted by Crippen LogP contribution is 2.25. The summed E-state index contributed by atoms with van der Waals surface area (Å²) < 4.78 is 5.17. The largest absolute Gasteiger partial charge is 0.444 e. The first kappa shape index (κ1) is 16.1. The lowest BCUT2D eigenvalue weighted by Crippen LogP contribution is -2.33. The van der Waals surface area contributed by atoms with Gasteiger partial charge >= 0.3 is 6.09 Å². The number of cyclic esters (lactones) is 1. The molecule has 0 radical (unpaired) electrons. The number of hydrogen-bond donors (Lipinski definition) is 4. The maximum atomic E-state index is 11.8. The summed E-state index contributed by atoms with van der Waals surface area (Å²) in [7, 11) is 0. The van der Waals surface area contributed by atoms with E-state index in [-0.39, 0.29) is 12.5 Å². The molecule has 22 heavy (non-hydrogen) atoms. The normalized spacial score (nSPS) is 18.2. The van der Waals surface area contributed by atoms with Crippen LogP contribution in [-0.4, -0.2) is 40.8 Å². The summed E-state index contributed by atoms with van der Waals surface area (Å²) in [4.78, 5) is 24.0. The molecule has 1 aromatic rings. The number of primary amides is 1. The fourth-order valence-electron chi connectivity index (χ4n) is 2.18. The van der Waals surface area contributed by atoms with Crippen molar-refractivity contribution < 1.29 is 24.5 Å². The van der Waals surface area contributed by atoms with E-state index in [1.807, 2.05) is 0 Å². The van der Waals surface area contributed by atoms with Gasteiger partial charge < -0.3 is 26.0 Å². The van der Waals surface area contributed by atoms with E-state index in [1.165, 1.54) is 11.8 Å². The molecular weight excluding hydrogens is 290 g/mol. The Bertz CT molecular complexity index is 553. The van der Waals surface area contributed by atoms with Crippen LogP contribution in [0.1, 0.15) is 19.8 Å². The van der Waals surface area contributed by atoms with Gasteiger partial charge in [-0.15, -0.1) is 0 Å². The number of rotatable bonds is 6. The summed E-state index contributed by atoms with van der Waals surface area (Å²) in [5.74, 6) is -2.45. The first-order valence-corrected chi connectivity index (χ1v) is 6.84. The van der Waals surface area contributed by atoms with Crippen LogP contribution in [0.2, 0.25) is 0 Å². The Hall–Kier alpha value is -2.32. The lowest BCUT2D eigenvalue weighted by Gasteiger charge is -2.20. The summed E-state index contributed by atoms with van der Waals surface area (Å²) in [5.41, 5.74) is 6.19. The average molecular weight is 309 g/mol. The molecule has 1 fully saturated rings. The molecule has 8 nitrogen and oxygen atoms in total. The number of benzene rings is 1. The predicted molar refractivity (Wildman–Crippen MR) is 79.0 cm³/mol. The second-order valence-electron chi connectivity index (χ2n) is 5.31. The zero-order valence-electron chi connectivity index (χ0n) is 12.2. The van der Waals surface area contributed by atoms with E-state index in [2.05, 4.69) is 5.32 Å². The summed E-state index contributed by atoms with van der Waals surface area (Å²) in [6.45, 7) is 1.54. The van der Waals surface area contributed by atoms with Crippen molar-refractivity contribution in [3.8, 4) is 0 Å². The van der Waals surface area contributed by atoms with E-state index >= 15 is 0 Å². The fraction of sp³-hybridized carbons (Fsp3) is 0.429. The van der Waals surface area contributed by atoms with Crippen LogP contribution >= 0.6 is 0 Å². The van der Waals surface area contributed by atoms with Gasteiger partial charge in [-0.2, -0.15) is 0 Å². The molecule has 1 aliphatic heterocycles. The zero-order valence-corrected chi connectivity index (χ0v) is 12.2. The first-order chi connectivity index (χ1) is 10.2. The maximum absolute atomic E-state index is 11.8.